The fourth-order valence-corrected chi connectivity index (χ4v) is 5.96. The number of esters is 1. The van der Waals surface area contributed by atoms with E-state index in [2.05, 4.69) is 29.2 Å². The first-order valence-corrected chi connectivity index (χ1v) is 14.3. The predicted molar refractivity (Wildman–Crippen MR) is 160 cm³/mol. The molecule has 0 unspecified atom stereocenters. The maximum atomic E-state index is 16.4. The molecule has 0 spiro atoms. The summed E-state index contributed by atoms with van der Waals surface area (Å²) in [4.78, 5) is 15.8. The van der Waals surface area contributed by atoms with E-state index >= 15 is 4.39 Å². The first kappa shape index (κ1) is 28.6. The summed E-state index contributed by atoms with van der Waals surface area (Å²) < 4.78 is 27.8. The highest BCUT2D eigenvalue weighted by Gasteiger charge is 2.44. The minimum atomic E-state index is -1.45. The molecule has 4 aromatic carbocycles. The van der Waals surface area contributed by atoms with Crippen molar-refractivity contribution in [2.24, 2.45) is 5.41 Å². The summed E-state index contributed by atoms with van der Waals surface area (Å²) in [5.41, 5.74) is 1.64. The summed E-state index contributed by atoms with van der Waals surface area (Å²) in [6.45, 7) is 2.04. The molecule has 0 atom stereocenters. The molecule has 0 aliphatic carbocycles. The number of likely N-dealkylation sites (tertiary alicyclic amines) is 1. The van der Waals surface area contributed by atoms with Gasteiger partial charge in [-0.1, -0.05) is 103 Å². The summed E-state index contributed by atoms with van der Waals surface area (Å²) in [6.07, 6.45) is 1.80. The van der Waals surface area contributed by atoms with Crippen LogP contribution in [0.5, 0.6) is 5.75 Å². The number of alkyl halides is 1. The van der Waals surface area contributed by atoms with Crippen LogP contribution < -0.4 is 4.74 Å². The Balaban J connectivity index is 1.31. The third kappa shape index (κ3) is 7.22. The molecule has 0 amide bonds. The molecule has 1 aliphatic rings. The van der Waals surface area contributed by atoms with Crippen molar-refractivity contribution in [1.82, 2.24) is 4.90 Å². The second-order valence-electron chi connectivity index (χ2n) is 11.1. The number of hydrogen-bond donors (Lipinski definition) is 0. The van der Waals surface area contributed by atoms with Gasteiger partial charge in [0.2, 0.25) is 0 Å². The molecule has 5 heteroatoms. The van der Waals surface area contributed by atoms with E-state index in [0.717, 1.165) is 16.7 Å². The lowest BCUT2D eigenvalue weighted by atomic mass is 9.75. The quantitative estimate of drug-likeness (QED) is 0.185. The van der Waals surface area contributed by atoms with E-state index in [1.165, 1.54) is 7.11 Å². The Morgan fingerprint density at radius 3 is 1.85 bits per heavy atom. The van der Waals surface area contributed by atoms with E-state index in [1.807, 2.05) is 91.0 Å². The van der Waals surface area contributed by atoms with E-state index in [4.69, 9.17) is 9.47 Å². The fourth-order valence-electron chi connectivity index (χ4n) is 5.96. The van der Waals surface area contributed by atoms with Crippen LogP contribution in [0, 0.1) is 5.41 Å². The number of carbonyl (C=O) groups is 1. The maximum Gasteiger partial charge on any atom is 0.313 e. The number of benzene rings is 4. The average molecular weight is 552 g/mol. The molecule has 1 aliphatic heterocycles. The van der Waals surface area contributed by atoms with Crippen molar-refractivity contribution in [3.63, 3.8) is 0 Å². The van der Waals surface area contributed by atoms with Crippen molar-refractivity contribution in [1.29, 1.82) is 0 Å². The zero-order chi connectivity index (χ0) is 28.5. The average Bonchev–Trinajstić information content (AvgIpc) is 3.02. The number of nitrogens with zero attached hydrogens (tertiary/aromatic N) is 1. The van der Waals surface area contributed by atoms with Gasteiger partial charge in [-0.05, 0) is 60.1 Å². The largest absolute Gasteiger partial charge is 0.489 e. The van der Waals surface area contributed by atoms with Crippen molar-refractivity contribution < 1.29 is 18.7 Å². The minimum absolute atomic E-state index is 0.231. The number of piperidine rings is 1. The number of halogens is 1. The topological polar surface area (TPSA) is 38.8 Å². The van der Waals surface area contributed by atoms with Crippen LogP contribution in [0.15, 0.2) is 115 Å². The third-order valence-corrected chi connectivity index (χ3v) is 8.16. The second kappa shape index (κ2) is 13.1. The van der Waals surface area contributed by atoms with Crippen LogP contribution in [0.3, 0.4) is 0 Å². The lowest BCUT2D eigenvalue weighted by Crippen LogP contribution is -2.50. The standard InChI is InChI=1S/C36H38FNO3/c1-40-34(39)35(25-29-12-5-2-6-13-29,26-30-14-7-3-8-15-30)28-38-22-20-36(37,21-23-38)32-18-11-19-33(24-32)41-27-31-16-9-4-10-17-31/h2-19,24H,20-23,25-28H2,1H3. The van der Waals surface area contributed by atoms with E-state index in [0.29, 0.717) is 63.2 Å². The van der Waals surface area contributed by atoms with Crippen LogP contribution in [0.2, 0.25) is 0 Å². The molecule has 1 heterocycles. The molecule has 0 N–H and O–H groups in total. The van der Waals surface area contributed by atoms with Gasteiger partial charge < -0.3 is 14.4 Å². The molecule has 0 saturated carbocycles. The van der Waals surface area contributed by atoms with Gasteiger partial charge in [0.05, 0.1) is 12.5 Å². The summed E-state index contributed by atoms with van der Waals surface area (Å²) in [6, 6.07) is 37.6. The highest BCUT2D eigenvalue weighted by atomic mass is 19.1. The summed E-state index contributed by atoms with van der Waals surface area (Å²) >= 11 is 0. The Labute approximate surface area is 242 Å². The Morgan fingerprint density at radius 1 is 0.780 bits per heavy atom. The van der Waals surface area contributed by atoms with Gasteiger partial charge in [0.15, 0.2) is 0 Å². The molecule has 0 radical (unpaired) electrons. The molecule has 4 nitrogen and oxygen atoms in total. The Bertz CT molecular complexity index is 1340. The normalized spacial score (nSPS) is 15.3. The third-order valence-electron chi connectivity index (χ3n) is 8.16. The summed E-state index contributed by atoms with van der Waals surface area (Å²) in [5.74, 6) is 0.437. The van der Waals surface area contributed by atoms with Crippen molar-refractivity contribution in [2.45, 2.75) is 38.0 Å². The van der Waals surface area contributed by atoms with Crippen LogP contribution in [0.4, 0.5) is 4.39 Å². The number of hydrogen-bond acceptors (Lipinski definition) is 4. The van der Waals surface area contributed by atoms with Crippen LogP contribution in [-0.2, 0) is 34.6 Å². The first-order chi connectivity index (χ1) is 20.0. The second-order valence-corrected chi connectivity index (χ2v) is 11.1. The van der Waals surface area contributed by atoms with Gasteiger partial charge in [0, 0.05) is 19.6 Å². The zero-order valence-corrected chi connectivity index (χ0v) is 23.7. The molecule has 0 bridgehead atoms. The maximum absolute atomic E-state index is 16.4. The van der Waals surface area contributed by atoms with Gasteiger partial charge in [-0.2, -0.15) is 0 Å². The van der Waals surface area contributed by atoms with E-state index in [-0.39, 0.29) is 5.97 Å². The van der Waals surface area contributed by atoms with Gasteiger partial charge in [0.1, 0.15) is 18.0 Å². The molecule has 212 valence electrons. The molecule has 4 aromatic rings. The lowest BCUT2D eigenvalue weighted by molar-refractivity contribution is -0.154. The van der Waals surface area contributed by atoms with Crippen molar-refractivity contribution in [3.05, 3.63) is 138 Å². The van der Waals surface area contributed by atoms with Crippen molar-refractivity contribution in [2.75, 3.05) is 26.7 Å². The molecule has 1 fully saturated rings. The highest BCUT2D eigenvalue weighted by molar-refractivity contribution is 5.78. The van der Waals surface area contributed by atoms with Crippen molar-refractivity contribution in [3.8, 4) is 5.75 Å². The number of rotatable bonds is 11. The van der Waals surface area contributed by atoms with Gasteiger partial charge in [-0.3, -0.25) is 4.79 Å². The highest BCUT2D eigenvalue weighted by Crippen LogP contribution is 2.40. The lowest BCUT2D eigenvalue weighted by Gasteiger charge is -2.41. The number of ether oxygens (including phenoxy) is 2. The van der Waals surface area contributed by atoms with Crippen molar-refractivity contribution >= 4 is 5.97 Å². The summed E-state index contributed by atoms with van der Waals surface area (Å²) in [5, 5.41) is 0. The molecule has 0 aromatic heterocycles. The SMILES string of the molecule is COC(=O)C(Cc1ccccc1)(Cc1ccccc1)CN1CCC(F)(c2cccc(OCc3ccccc3)c2)CC1. The van der Waals surface area contributed by atoms with Gasteiger partial charge in [-0.25, -0.2) is 4.39 Å². The Hall–Kier alpha value is -3.96. The number of carbonyl (C=O) groups excluding carboxylic acids is 1. The Morgan fingerprint density at radius 2 is 1.32 bits per heavy atom. The van der Waals surface area contributed by atoms with Crippen LogP contribution >= 0.6 is 0 Å². The molecule has 5 rings (SSSR count). The molecular formula is C36H38FNO3. The van der Waals surface area contributed by atoms with Gasteiger partial charge in [0.25, 0.3) is 0 Å². The van der Waals surface area contributed by atoms with Crippen LogP contribution in [0.1, 0.15) is 35.1 Å². The molecule has 41 heavy (non-hydrogen) atoms. The van der Waals surface area contributed by atoms with E-state index in [1.54, 1.807) is 0 Å². The molecule has 1 saturated heterocycles. The molecular weight excluding hydrogens is 513 g/mol. The number of methoxy groups -OCH3 is 1. The van der Waals surface area contributed by atoms with E-state index in [9.17, 15) is 4.79 Å². The fraction of sp³-hybridized carbons (Fsp3) is 0.306. The monoisotopic (exact) mass is 551 g/mol. The predicted octanol–water partition coefficient (Wildman–Crippen LogP) is 7.17. The van der Waals surface area contributed by atoms with Gasteiger partial charge >= 0.3 is 5.97 Å². The van der Waals surface area contributed by atoms with Gasteiger partial charge in [-0.15, -0.1) is 0 Å². The Kier molecular flexibility index (Phi) is 9.15. The minimum Gasteiger partial charge on any atom is -0.489 e. The zero-order valence-electron chi connectivity index (χ0n) is 23.7. The van der Waals surface area contributed by atoms with Crippen LogP contribution in [0.25, 0.3) is 0 Å². The van der Waals surface area contributed by atoms with Crippen LogP contribution in [-0.4, -0.2) is 37.6 Å². The summed E-state index contributed by atoms with van der Waals surface area (Å²) in [7, 11) is 1.46. The van der Waals surface area contributed by atoms with E-state index < -0.39 is 11.1 Å². The first-order valence-electron chi connectivity index (χ1n) is 14.3. The smallest absolute Gasteiger partial charge is 0.313 e.